The summed E-state index contributed by atoms with van der Waals surface area (Å²) in [7, 11) is 1.58. The highest BCUT2D eigenvalue weighted by molar-refractivity contribution is 5.84. The third kappa shape index (κ3) is 5.76. The first-order valence-corrected chi connectivity index (χ1v) is 10.1. The largest absolute Gasteiger partial charge is 0.467 e. The van der Waals surface area contributed by atoms with Crippen LogP contribution in [0.4, 0.5) is 0 Å². The van der Waals surface area contributed by atoms with Gasteiger partial charge in [0, 0.05) is 26.6 Å². The molecule has 3 rings (SSSR count). The van der Waals surface area contributed by atoms with Crippen molar-refractivity contribution in [2.75, 3.05) is 33.6 Å². The first-order valence-electron chi connectivity index (χ1n) is 10.1. The number of rotatable bonds is 11. The average molecular weight is 416 g/mol. The van der Waals surface area contributed by atoms with E-state index in [2.05, 4.69) is 0 Å². The predicted octanol–water partition coefficient (Wildman–Crippen LogP) is 2.81. The molecule has 0 saturated carbocycles. The summed E-state index contributed by atoms with van der Waals surface area (Å²) in [6, 6.07) is 9.22. The first-order chi connectivity index (χ1) is 14.6. The summed E-state index contributed by atoms with van der Waals surface area (Å²) in [4.78, 5) is 28.9. The predicted molar refractivity (Wildman–Crippen MR) is 109 cm³/mol. The first kappa shape index (κ1) is 21.7. The molecule has 0 atom stereocenters. The van der Waals surface area contributed by atoms with Crippen molar-refractivity contribution in [3.8, 4) is 11.5 Å². The maximum absolute atomic E-state index is 13.2. The van der Waals surface area contributed by atoms with Crippen LogP contribution in [0.5, 0.6) is 11.5 Å². The summed E-state index contributed by atoms with van der Waals surface area (Å²) in [5.41, 5.74) is 0.905. The fourth-order valence-corrected chi connectivity index (χ4v) is 3.21. The lowest BCUT2D eigenvalue weighted by Gasteiger charge is -2.27. The molecule has 2 aromatic rings. The van der Waals surface area contributed by atoms with Crippen LogP contribution in [0.15, 0.2) is 41.0 Å². The van der Waals surface area contributed by atoms with Gasteiger partial charge in [-0.05, 0) is 36.2 Å². The maximum atomic E-state index is 13.2. The molecular weight excluding hydrogens is 388 g/mol. The lowest BCUT2D eigenvalue weighted by atomic mass is 10.1. The van der Waals surface area contributed by atoms with Crippen LogP contribution >= 0.6 is 0 Å². The Kier molecular flexibility index (Phi) is 7.73. The van der Waals surface area contributed by atoms with Crippen molar-refractivity contribution in [3.63, 3.8) is 0 Å². The third-order valence-electron chi connectivity index (χ3n) is 4.80. The lowest BCUT2D eigenvalue weighted by Crippen LogP contribution is -2.43. The minimum Gasteiger partial charge on any atom is -0.467 e. The van der Waals surface area contributed by atoms with Crippen molar-refractivity contribution in [3.05, 3.63) is 47.9 Å². The minimum absolute atomic E-state index is 0.00649. The second kappa shape index (κ2) is 10.7. The molecule has 0 unspecified atom stereocenters. The van der Waals surface area contributed by atoms with Crippen LogP contribution in [0.3, 0.4) is 0 Å². The molecule has 0 aliphatic carbocycles. The summed E-state index contributed by atoms with van der Waals surface area (Å²) in [6.07, 6.45) is 2.70. The molecule has 1 aromatic carbocycles. The van der Waals surface area contributed by atoms with Gasteiger partial charge < -0.3 is 28.4 Å². The molecule has 0 radical (unpaired) electrons. The summed E-state index contributed by atoms with van der Waals surface area (Å²) in [5.74, 6) is 1.82. The zero-order valence-electron chi connectivity index (χ0n) is 17.5. The highest BCUT2D eigenvalue weighted by Crippen LogP contribution is 2.33. The van der Waals surface area contributed by atoms with Crippen molar-refractivity contribution in [2.24, 2.45) is 0 Å². The monoisotopic (exact) mass is 416 g/mol. The highest BCUT2D eigenvalue weighted by atomic mass is 16.7. The normalized spacial score (nSPS) is 12.1. The van der Waals surface area contributed by atoms with Gasteiger partial charge in [-0.2, -0.15) is 0 Å². The van der Waals surface area contributed by atoms with Crippen molar-refractivity contribution < 1.29 is 28.2 Å². The van der Waals surface area contributed by atoms with Crippen LogP contribution < -0.4 is 9.47 Å². The fraction of sp³-hybridized carbons (Fsp3) is 0.455. The van der Waals surface area contributed by atoms with Gasteiger partial charge in [-0.25, -0.2) is 0 Å². The second-order valence-corrected chi connectivity index (χ2v) is 7.07. The number of nitrogens with zero attached hydrogens (tertiary/aromatic N) is 2. The van der Waals surface area contributed by atoms with E-state index in [0.29, 0.717) is 49.9 Å². The Labute approximate surface area is 176 Å². The molecule has 30 heavy (non-hydrogen) atoms. The van der Waals surface area contributed by atoms with E-state index in [1.165, 1.54) is 0 Å². The topological polar surface area (TPSA) is 81.5 Å². The summed E-state index contributed by atoms with van der Waals surface area (Å²) in [5, 5.41) is 0. The van der Waals surface area contributed by atoms with Gasteiger partial charge in [0.25, 0.3) is 0 Å². The molecule has 8 heteroatoms. The van der Waals surface area contributed by atoms with Crippen molar-refractivity contribution in [1.29, 1.82) is 0 Å². The fourth-order valence-electron chi connectivity index (χ4n) is 3.21. The molecular formula is C22H28N2O6. The molecule has 162 valence electrons. The molecule has 1 aliphatic rings. The minimum atomic E-state index is -0.162. The summed E-state index contributed by atoms with van der Waals surface area (Å²) in [6.45, 7) is 3.55. The molecule has 2 amide bonds. The lowest BCUT2D eigenvalue weighted by molar-refractivity contribution is -0.142. The highest BCUT2D eigenvalue weighted by Gasteiger charge is 2.23. The molecule has 1 aliphatic heterocycles. The van der Waals surface area contributed by atoms with E-state index >= 15 is 0 Å². The number of ether oxygens (including phenoxy) is 3. The summed E-state index contributed by atoms with van der Waals surface area (Å²) < 4.78 is 21.3. The number of furan rings is 1. The molecule has 0 bridgehead atoms. The van der Waals surface area contributed by atoms with Gasteiger partial charge in [-0.15, -0.1) is 0 Å². The van der Waals surface area contributed by atoms with Gasteiger partial charge in [-0.3, -0.25) is 9.59 Å². The summed E-state index contributed by atoms with van der Waals surface area (Å²) >= 11 is 0. The van der Waals surface area contributed by atoms with Gasteiger partial charge in [0.2, 0.25) is 18.6 Å². The van der Waals surface area contributed by atoms with E-state index in [9.17, 15) is 9.59 Å². The third-order valence-corrected chi connectivity index (χ3v) is 4.80. The number of carbonyl (C=O) groups excluding carboxylic acids is 2. The Balaban J connectivity index is 1.74. The molecule has 2 heterocycles. The van der Waals surface area contributed by atoms with E-state index < -0.39 is 0 Å². The van der Waals surface area contributed by atoms with Crippen molar-refractivity contribution in [1.82, 2.24) is 9.80 Å². The molecule has 0 N–H and O–H groups in total. The number of fused-ring (bicyclic) bond motifs is 1. The Morgan fingerprint density at radius 1 is 1.07 bits per heavy atom. The van der Waals surface area contributed by atoms with Gasteiger partial charge in [0.15, 0.2) is 11.5 Å². The number of methoxy groups -OCH3 is 1. The number of benzene rings is 1. The van der Waals surface area contributed by atoms with E-state index in [-0.39, 0.29) is 25.2 Å². The molecule has 0 spiro atoms. The second-order valence-electron chi connectivity index (χ2n) is 7.07. The van der Waals surface area contributed by atoms with Crippen LogP contribution in [0.1, 0.15) is 31.1 Å². The molecule has 0 fully saturated rings. The van der Waals surface area contributed by atoms with E-state index in [0.717, 1.165) is 12.0 Å². The quantitative estimate of drug-likeness (QED) is 0.560. The van der Waals surface area contributed by atoms with Crippen LogP contribution in [0.2, 0.25) is 0 Å². The average Bonchev–Trinajstić information content (AvgIpc) is 3.42. The van der Waals surface area contributed by atoms with Crippen LogP contribution in [0, 0.1) is 0 Å². The standard InChI is InChI=1S/C22H28N2O6/c1-3-5-21(25)23(9-11-27-2)15-22(26)24(14-18-6-4-10-28-18)13-17-7-8-19-20(12-17)30-16-29-19/h4,6-8,10,12H,3,5,9,11,13-16H2,1-2H3. The Hall–Kier alpha value is -3.00. The van der Waals surface area contributed by atoms with Crippen molar-refractivity contribution >= 4 is 11.8 Å². The SMILES string of the molecule is CCCC(=O)N(CCOC)CC(=O)N(Cc1ccc2c(c1)OCO2)Cc1ccco1. The maximum Gasteiger partial charge on any atom is 0.242 e. The van der Waals surface area contributed by atoms with Gasteiger partial charge in [0.05, 0.1) is 26.0 Å². The number of hydrogen-bond donors (Lipinski definition) is 0. The van der Waals surface area contributed by atoms with Gasteiger partial charge in [0.1, 0.15) is 5.76 Å². The smallest absolute Gasteiger partial charge is 0.242 e. The molecule has 1 aromatic heterocycles. The van der Waals surface area contributed by atoms with Crippen LogP contribution in [-0.2, 0) is 27.4 Å². The molecule has 0 saturated heterocycles. The van der Waals surface area contributed by atoms with Crippen LogP contribution in [-0.4, -0.2) is 55.2 Å². The van der Waals surface area contributed by atoms with E-state index in [1.54, 1.807) is 29.2 Å². The number of amides is 2. The molecule has 8 nitrogen and oxygen atoms in total. The Bertz CT molecular complexity index is 836. The van der Waals surface area contributed by atoms with Crippen LogP contribution in [0.25, 0.3) is 0 Å². The Morgan fingerprint density at radius 2 is 1.90 bits per heavy atom. The van der Waals surface area contributed by atoms with Gasteiger partial charge >= 0.3 is 0 Å². The van der Waals surface area contributed by atoms with E-state index in [1.807, 2.05) is 31.2 Å². The Morgan fingerprint density at radius 3 is 2.63 bits per heavy atom. The zero-order chi connectivity index (χ0) is 21.3. The van der Waals surface area contributed by atoms with Gasteiger partial charge in [-0.1, -0.05) is 13.0 Å². The zero-order valence-corrected chi connectivity index (χ0v) is 17.5. The van der Waals surface area contributed by atoms with E-state index in [4.69, 9.17) is 18.6 Å². The number of hydrogen-bond acceptors (Lipinski definition) is 6. The van der Waals surface area contributed by atoms with Crippen molar-refractivity contribution in [2.45, 2.75) is 32.9 Å². The number of carbonyl (C=O) groups is 2.